The summed E-state index contributed by atoms with van der Waals surface area (Å²) in [4.78, 5) is 26.4. The third kappa shape index (κ3) is 6.18. The Morgan fingerprint density at radius 1 is 1.26 bits per heavy atom. The van der Waals surface area contributed by atoms with E-state index in [4.69, 9.17) is 14.2 Å². The van der Waals surface area contributed by atoms with Crippen LogP contribution in [0.2, 0.25) is 0 Å². The maximum Gasteiger partial charge on any atom is 0.410 e. The van der Waals surface area contributed by atoms with Crippen LogP contribution in [0.25, 0.3) is 0 Å². The molecule has 2 heterocycles. The number of ether oxygens (including phenoxy) is 3. The van der Waals surface area contributed by atoms with Crippen molar-refractivity contribution in [2.45, 2.75) is 76.5 Å². The van der Waals surface area contributed by atoms with Gasteiger partial charge in [0.2, 0.25) is 5.91 Å². The Hall–Kier alpha value is -2.16. The van der Waals surface area contributed by atoms with Crippen LogP contribution in [0.15, 0.2) is 30.3 Å². The first-order valence-corrected chi connectivity index (χ1v) is 10.9. The molecule has 2 aliphatic heterocycles. The van der Waals surface area contributed by atoms with E-state index in [2.05, 4.69) is 5.32 Å². The average Bonchev–Trinajstić information content (AvgIpc) is 3.13. The van der Waals surface area contributed by atoms with Gasteiger partial charge < -0.3 is 29.5 Å². The fourth-order valence-electron chi connectivity index (χ4n) is 4.25. The summed E-state index contributed by atoms with van der Waals surface area (Å²) in [5.74, 6) is -1.07. The van der Waals surface area contributed by atoms with Gasteiger partial charge in [-0.05, 0) is 32.8 Å². The number of carbonyl (C=O) groups excluding carboxylic acids is 2. The number of nitrogens with one attached hydrogen (secondary N) is 1. The van der Waals surface area contributed by atoms with Crippen LogP contribution in [0.1, 0.15) is 46.1 Å². The summed E-state index contributed by atoms with van der Waals surface area (Å²) >= 11 is 0. The Kier molecular flexibility index (Phi) is 7.24. The normalized spacial score (nSPS) is 22.7. The highest BCUT2D eigenvalue weighted by molar-refractivity contribution is 5.73. The number of carbonyl (C=O) groups is 2. The van der Waals surface area contributed by atoms with E-state index in [1.54, 1.807) is 25.7 Å². The molecule has 0 saturated carbocycles. The number of rotatable bonds is 5. The van der Waals surface area contributed by atoms with Gasteiger partial charge in [-0.3, -0.25) is 4.79 Å². The van der Waals surface area contributed by atoms with E-state index in [1.807, 2.05) is 30.3 Å². The molecule has 1 aromatic rings. The van der Waals surface area contributed by atoms with Gasteiger partial charge in [0, 0.05) is 26.3 Å². The summed E-state index contributed by atoms with van der Waals surface area (Å²) in [6.45, 7) is 8.13. The zero-order valence-electron chi connectivity index (χ0n) is 18.8. The number of piperidine rings is 1. The number of nitrogens with zero attached hydrogens (tertiary/aromatic N) is 1. The zero-order valence-corrected chi connectivity index (χ0v) is 18.8. The Morgan fingerprint density at radius 3 is 2.48 bits per heavy atom. The summed E-state index contributed by atoms with van der Waals surface area (Å²) in [6.07, 6.45) is -0.307. The molecule has 31 heavy (non-hydrogen) atoms. The molecule has 2 saturated heterocycles. The highest BCUT2D eigenvalue weighted by atomic mass is 16.7. The lowest BCUT2D eigenvalue weighted by atomic mass is 9.87. The van der Waals surface area contributed by atoms with Crippen molar-refractivity contribution in [3.63, 3.8) is 0 Å². The molecular formula is C23H34N2O6. The SMILES string of the molecule is CC(=O)NC(Cc1ccccc1)C(O)C1CC2(CCN1C(=O)OC(C)(C)C)OCCO2. The first-order valence-electron chi connectivity index (χ1n) is 10.9. The molecule has 2 aliphatic rings. The minimum Gasteiger partial charge on any atom is -0.444 e. The largest absolute Gasteiger partial charge is 0.444 e. The molecule has 0 aromatic heterocycles. The standard InChI is InChI=1S/C23H34N2O6/c1-16(26)24-18(14-17-8-6-5-7-9-17)20(27)19-15-23(29-12-13-30-23)10-11-25(19)21(28)31-22(2,3)4/h5-9,18-20,27H,10-15H2,1-4H3,(H,24,26). The summed E-state index contributed by atoms with van der Waals surface area (Å²) < 4.78 is 17.3. The van der Waals surface area contributed by atoms with Gasteiger partial charge in [0.05, 0.1) is 31.4 Å². The third-order valence-corrected chi connectivity index (χ3v) is 5.59. The minimum atomic E-state index is -1.04. The van der Waals surface area contributed by atoms with E-state index in [0.29, 0.717) is 39.0 Å². The fourth-order valence-corrected chi connectivity index (χ4v) is 4.25. The van der Waals surface area contributed by atoms with Gasteiger partial charge >= 0.3 is 6.09 Å². The van der Waals surface area contributed by atoms with Crippen LogP contribution < -0.4 is 5.32 Å². The molecule has 8 nitrogen and oxygen atoms in total. The summed E-state index contributed by atoms with van der Waals surface area (Å²) in [7, 11) is 0. The van der Waals surface area contributed by atoms with Crippen LogP contribution in [0.3, 0.4) is 0 Å². The summed E-state index contributed by atoms with van der Waals surface area (Å²) in [5, 5.41) is 14.3. The number of aliphatic hydroxyl groups is 1. The van der Waals surface area contributed by atoms with E-state index < -0.39 is 35.7 Å². The second kappa shape index (κ2) is 9.54. The second-order valence-corrected chi connectivity index (χ2v) is 9.29. The molecule has 172 valence electrons. The van der Waals surface area contributed by atoms with Gasteiger partial charge in [-0.1, -0.05) is 30.3 Å². The first-order chi connectivity index (χ1) is 14.6. The Balaban J connectivity index is 1.86. The number of amides is 2. The lowest BCUT2D eigenvalue weighted by molar-refractivity contribution is -0.203. The summed E-state index contributed by atoms with van der Waals surface area (Å²) in [6, 6.07) is 8.40. The van der Waals surface area contributed by atoms with Crippen molar-refractivity contribution >= 4 is 12.0 Å². The van der Waals surface area contributed by atoms with Gasteiger partial charge in [0.25, 0.3) is 0 Å². The highest BCUT2D eigenvalue weighted by Crippen LogP contribution is 2.37. The number of benzene rings is 1. The Bertz CT molecular complexity index is 757. The van der Waals surface area contributed by atoms with Crippen LogP contribution in [0, 0.1) is 0 Å². The van der Waals surface area contributed by atoms with Gasteiger partial charge in [-0.25, -0.2) is 4.79 Å². The predicted octanol–water partition coefficient (Wildman–Crippen LogP) is 2.24. The van der Waals surface area contributed by atoms with E-state index >= 15 is 0 Å². The van der Waals surface area contributed by atoms with Crippen LogP contribution in [-0.4, -0.2) is 71.3 Å². The smallest absolute Gasteiger partial charge is 0.410 e. The Labute approximate surface area is 183 Å². The molecule has 0 aliphatic carbocycles. The quantitative estimate of drug-likeness (QED) is 0.738. The van der Waals surface area contributed by atoms with Crippen molar-refractivity contribution < 1.29 is 28.9 Å². The van der Waals surface area contributed by atoms with E-state index in [0.717, 1.165) is 5.56 Å². The maximum atomic E-state index is 13.0. The minimum absolute atomic E-state index is 0.248. The molecule has 2 amide bonds. The molecule has 3 atom stereocenters. The van der Waals surface area contributed by atoms with Crippen molar-refractivity contribution in [2.24, 2.45) is 0 Å². The molecule has 0 radical (unpaired) electrons. The van der Waals surface area contributed by atoms with Crippen LogP contribution >= 0.6 is 0 Å². The Morgan fingerprint density at radius 2 is 1.90 bits per heavy atom. The molecular weight excluding hydrogens is 400 g/mol. The topological polar surface area (TPSA) is 97.3 Å². The van der Waals surface area contributed by atoms with Gasteiger partial charge in [-0.15, -0.1) is 0 Å². The first kappa shape index (κ1) is 23.5. The zero-order chi connectivity index (χ0) is 22.6. The van der Waals surface area contributed by atoms with Crippen molar-refractivity contribution in [1.82, 2.24) is 10.2 Å². The lowest BCUT2D eigenvalue weighted by Gasteiger charge is -2.46. The molecule has 2 fully saturated rings. The highest BCUT2D eigenvalue weighted by Gasteiger charge is 2.50. The van der Waals surface area contributed by atoms with E-state index in [-0.39, 0.29) is 5.91 Å². The number of hydrogen-bond donors (Lipinski definition) is 2. The number of hydrogen-bond acceptors (Lipinski definition) is 6. The summed E-state index contributed by atoms with van der Waals surface area (Å²) in [5.41, 5.74) is 0.311. The van der Waals surface area contributed by atoms with Gasteiger partial charge in [-0.2, -0.15) is 0 Å². The maximum absolute atomic E-state index is 13.0. The number of aliphatic hydroxyl groups excluding tert-OH is 1. The molecule has 1 aromatic carbocycles. The van der Waals surface area contributed by atoms with Gasteiger partial charge in [0.1, 0.15) is 5.60 Å². The van der Waals surface area contributed by atoms with Crippen molar-refractivity contribution in [2.75, 3.05) is 19.8 Å². The lowest BCUT2D eigenvalue weighted by Crippen LogP contribution is -2.62. The monoisotopic (exact) mass is 434 g/mol. The van der Waals surface area contributed by atoms with Crippen LogP contribution in [-0.2, 0) is 25.4 Å². The van der Waals surface area contributed by atoms with Crippen molar-refractivity contribution in [1.29, 1.82) is 0 Å². The van der Waals surface area contributed by atoms with E-state index in [9.17, 15) is 14.7 Å². The van der Waals surface area contributed by atoms with Gasteiger partial charge in [0.15, 0.2) is 5.79 Å². The predicted molar refractivity (Wildman–Crippen MR) is 114 cm³/mol. The molecule has 8 heteroatoms. The number of likely N-dealkylation sites (tertiary alicyclic amines) is 1. The molecule has 3 rings (SSSR count). The molecule has 3 unspecified atom stereocenters. The molecule has 0 bridgehead atoms. The average molecular weight is 435 g/mol. The van der Waals surface area contributed by atoms with Crippen molar-refractivity contribution in [3.05, 3.63) is 35.9 Å². The molecule has 2 N–H and O–H groups in total. The van der Waals surface area contributed by atoms with Crippen molar-refractivity contribution in [3.8, 4) is 0 Å². The van der Waals surface area contributed by atoms with E-state index in [1.165, 1.54) is 6.92 Å². The fraction of sp³-hybridized carbons (Fsp3) is 0.652. The van der Waals surface area contributed by atoms with Crippen LogP contribution in [0.4, 0.5) is 4.79 Å². The van der Waals surface area contributed by atoms with Crippen LogP contribution in [0.5, 0.6) is 0 Å². The third-order valence-electron chi connectivity index (χ3n) is 5.59. The second-order valence-electron chi connectivity index (χ2n) is 9.29. The molecule has 1 spiro atoms.